The van der Waals surface area contributed by atoms with Crippen LogP contribution in [0.3, 0.4) is 0 Å². The van der Waals surface area contributed by atoms with E-state index in [0.717, 1.165) is 30.6 Å². The molecule has 5 atom stereocenters. The number of alkyl carbamates (subject to hydrolysis) is 1. The van der Waals surface area contributed by atoms with E-state index < -0.39 is 5.60 Å². The van der Waals surface area contributed by atoms with Crippen molar-refractivity contribution in [2.75, 3.05) is 6.54 Å². The number of amides is 1. The molecule has 2 rings (SSSR count). The Balaban J connectivity index is 1.79. The highest BCUT2D eigenvalue weighted by Crippen LogP contribution is 2.44. The zero-order valence-corrected chi connectivity index (χ0v) is 15.4. The van der Waals surface area contributed by atoms with Gasteiger partial charge >= 0.3 is 6.09 Å². The number of carbonyl (C=O) groups is 1. The summed E-state index contributed by atoms with van der Waals surface area (Å²) in [6.07, 6.45) is 9.30. The van der Waals surface area contributed by atoms with E-state index in [0.29, 0.717) is 18.6 Å². The van der Waals surface area contributed by atoms with Gasteiger partial charge < -0.3 is 15.4 Å². The maximum absolute atomic E-state index is 11.8. The first-order valence-electron chi connectivity index (χ1n) is 9.19. The molecule has 0 heterocycles. The van der Waals surface area contributed by atoms with Crippen molar-refractivity contribution in [3.05, 3.63) is 12.2 Å². The number of hydrogen-bond donors (Lipinski definition) is 2. The minimum absolute atomic E-state index is 0.311. The number of ether oxygens (including phenoxy) is 1. The Morgan fingerprint density at radius 1 is 1.30 bits per heavy atom. The van der Waals surface area contributed by atoms with Gasteiger partial charge in [-0.1, -0.05) is 25.5 Å². The first-order valence-corrected chi connectivity index (χ1v) is 9.19. The van der Waals surface area contributed by atoms with E-state index >= 15 is 0 Å². The van der Waals surface area contributed by atoms with Crippen LogP contribution in [0.25, 0.3) is 0 Å². The molecule has 132 valence electrons. The summed E-state index contributed by atoms with van der Waals surface area (Å²) < 4.78 is 5.32. The normalized spacial score (nSPS) is 28.7. The molecule has 0 spiro atoms. The summed E-state index contributed by atoms with van der Waals surface area (Å²) in [7, 11) is 0. The highest BCUT2D eigenvalue weighted by atomic mass is 16.6. The van der Waals surface area contributed by atoms with Crippen LogP contribution in [0.15, 0.2) is 12.2 Å². The highest BCUT2D eigenvalue weighted by Gasteiger charge is 2.38. The average molecular weight is 322 g/mol. The molecule has 23 heavy (non-hydrogen) atoms. The van der Waals surface area contributed by atoms with Gasteiger partial charge in [0.2, 0.25) is 0 Å². The van der Waals surface area contributed by atoms with Gasteiger partial charge in [0.25, 0.3) is 0 Å². The fourth-order valence-corrected chi connectivity index (χ4v) is 4.01. The van der Waals surface area contributed by atoms with Crippen LogP contribution in [0.4, 0.5) is 4.79 Å². The van der Waals surface area contributed by atoms with E-state index in [2.05, 4.69) is 36.6 Å². The van der Waals surface area contributed by atoms with Crippen molar-refractivity contribution in [3.8, 4) is 0 Å². The zero-order chi connectivity index (χ0) is 17.0. The van der Waals surface area contributed by atoms with Crippen molar-refractivity contribution in [3.63, 3.8) is 0 Å². The Morgan fingerprint density at radius 3 is 2.57 bits per heavy atom. The number of nitrogens with one attached hydrogen (secondary N) is 2. The van der Waals surface area contributed by atoms with E-state index in [-0.39, 0.29) is 6.09 Å². The van der Waals surface area contributed by atoms with Gasteiger partial charge in [-0.25, -0.2) is 4.79 Å². The quantitative estimate of drug-likeness (QED) is 0.700. The van der Waals surface area contributed by atoms with Gasteiger partial charge in [-0.15, -0.1) is 0 Å². The maximum atomic E-state index is 11.8. The molecule has 2 aliphatic rings. The second-order valence-electron chi connectivity index (χ2n) is 8.27. The van der Waals surface area contributed by atoms with Crippen LogP contribution in [0.5, 0.6) is 0 Å². The van der Waals surface area contributed by atoms with Crippen molar-refractivity contribution >= 4 is 6.09 Å². The fourth-order valence-electron chi connectivity index (χ4n) is 4.01. The molecule has 0 aromatic rings. The Bertz CT molecular complexity index is 428. The SMILES string of the molecule is CCCC(CNC(=O)OC(C)(C)C)NC(C)C1CC2C=CC1C2. The summed E-state index contributed by atoms with van der Waals surface area (Å²) in [6, 6.07) is 0.803. The largest absolute Gasteiger partial charge is 0.444 e. The molecule has 1 amide bonds. The lowest BCUT2D eigenvalue weighted by atomic mass is 9.87. The predicted octanol–water partition coefficient (Wildman–Crippen LogP) is 3.87. The molecule has 1 fully saturated rings. The summed E-state index contributed by atoms with van der Waals surface area (Å²) in [5, 5.41) is 6.68. The van der Waals surface area contributed by atoms with Crippen molar-refractivity contribution < 1.29 is 9.53 Å². The molecule has 0 aromatic carbocycles. The molecule has 1 saturated carbocycles. The van der Waals surface area contributed by atoms with Crippen LogP contribution < -0.4 is 10.6 Å². The molecule has 0 aliphatic heterocycles. The molecular weight excluding hydrogens is 288 g/mol. The number of carbonyl (C=O) groups excluding carboxylic acids is 1. The van der Waals surface area contributed by atoms with Gasteiger partial charge in [-0.05, 0) is 64.7 Å². The van der Waals surface area contributed by atoms with Crippen LogP contribution in [0.2, 0.25) is 0 Å². The van der Waals surface area contributed by atoms with Crippen molar-refractivity contribution in [1.29, 1.82) is 0 Å². The maximum Gasteiger partial charge on any atom is 0.407 e. The molecule has 5 unspecified atom stereocenters. The summed E-state index contributed by atoms with van der Waals surface area (Å²) in [4.78, 5) is 11.8. The third kappa shape index (κ3) is 5.52. The van der Waals surface area contributed by atoms with Crippen molar-refractivity contribution in [1.82, 2.24) is 10.6 Å². The van der Waals surface area contributed by atoms with E-state index in [4.69, 9.17) is 4.74 Å². The lowest BCUT2D eigenvalue weighted by molar-refractivity contribution is 0.0520. The molecule has 2 bridgehead atoms. The number of hydrogen-bond acceptors (Lipinski definition) is 3. The van der Waals surface area contributed by atoms with Crippen LogP contribution in [0.1, 0.15) is 60.3 Å². The molecule has 2 aliphatic carbocycles. The highest BCUT2D eigenvalue weighted by molar-refractivity contribution is 5.67. The molecule has 4 nitrogen and oxygen atoms in total. The van der Waals surface area contributed by atoms with E-state index in [1.165, 1.54) is 12.8 Å². The van der Waals surface area contributed by atoms with Crippen molar-refractivity contribution in [2.45, 2.75) is 78.0 Å². The van der Waals surface area contributed by atoms with Gasteiger partial charge in [-0.3, -0.25) is 0 Å². The number of rotatable bonds is 7. The van der Waals surface area contributed by atoms with Gasteiger partial charge in [0, 0.05) is 18.6 Å². The fraction of sp³-hybridized carbons (Fsp3) is 0.842. The Kier molecular flexibility index (Phi) is 6.12. The first kappa shape index (κ1) is 18.3. The molecular formula is C19H34N2O2. The van der Waals surface area contributed by atoms with Crippen molar-refractivity contribution in [2.24, 2.45) is 17.8 Å². The second kappa shape index (κ2) is 7.69. The molecule has 4 heteroatoms. The molecule has 0 radical (unpaired) electrons. The third-order valence-corrected chi connectivity index (χ3v) is 5.00. The molecule has 0 saturated heterocycles. The second-order valence-corrected chi connectivity index (χ2v) is 8.27. The summed E-state index contributed by atoms with van der Waals surface area (Å²) >= 11 is 0. The Labute approximate surface area is 141 Å². The smallest absolute Gasteiger partial charge is 0.407 e. The van der Waals surface area contributed by atoms with Gasteiger partial charge in [0.1, 0.15) is 5.60 Å². The average Bonchev–Trinajstić information content (AvgIpc) is 3.05. The zero-order valence-electron chi connectivity index (χ0n) is 15.4. The Morgan fingerprint density at radius 2 is 2.04 bits per heavy atom. The minimum atomic E-state index is -0.444. The van der Waals surface area contributed by atoms with Crippen LogP contribution in [-0.4, -0.2) is 30.3 Å². The monoisotopic (exact) mass is 322 g/mol. The van der Waals surface area contributed by atoms with Crippen LogP contribution in [-0.2, 0) is 4.74 Å². The van der Waals surface area contributed by atoms with Gasteiger partial charge in [-0.2, -0.15) is 0 Å². The number of allylic oxidation sites excluding steroid dienone is 2. The van der Waals surface area contributed by atoms with Gasteiger partial charge in [0.15, 0.2) is 0 Å². The van der Waals surface area contributed by atoms with Gasteiger partial charge in [0.05, 0.1) is 0 Å². The lowest BCUT2D eigenvalue weighted by Crippen LogP contribution is -2.48. The first-order chi connectivity index (χ1) is 10.8. The predicted molar refractivity (Wildman–Crippen MR) is 94.4 cm³/mol. The van der Waals surface area contributed by atoms with E-state index in [1.807, 2.05) is 20.8 Å². The number of fused-ring (bicyclic) bond motifs is 2. The van der Waals surface area contributed by atoms with Crippen LogP contribution >= 0.6 is 0 Å². The third-order valence-electron chi connectivity index (χ3n) is 5.00. The summed E-state index contributed by atoms with van der Waals surface area (Å²) in [5.74, 6) is 2.30. The lowest BCUT2D eigenvalue weighted by Gasteiger charge is -2.31. The topological polar surface area (TPSA) is 50.4 Å². The molecule has 2 N–H and O–H groups in total. The minimum Gasteiger partial charge on any atom is -0.444 e. The summed E-state index contributed by atoms with van der Waals surface area (Å²) in [6.45, 7) is 10.8. The van der Waals surface area contributed by atoms with E-state index in [9.17, 15) is 4.79 Å². The van der Waals surface area contributed by atoms with E-state index in [1.54, 1.807) is 0 Å². The standard InChI is InChI=1S/C19H34N2O2/c1-6-7-16(12-20-18(22)23-19(3,4)5)21-13(2)17-11-14-8-9-15(17)10-14/h8-9,13-17,21H,6-7,10-12H2,1-5H3,(H,20,22). The van der Waals surface area contributed by atoms with Crippen LogP contribution in [0, 0.1) is 17.8 Å². The molecule has 0 aromatic heterocycles. The Hall–Kier alpha value is -1.03. The summed E-state index contributed by atoms with van der Waals surface area (Å²) in [5.41, 5.74) is -0.444.